The molecule has 0 bridgehead atoms. The molecule has 1 N–H and O–H groups in total. The van der Waals surface area contributed by atoms with E-state index in [1.807, 2.05) is 32.0 Å². The molecule has 1 heterocycles. The predicted octanol–water partition coefficient (Wildman–Crippen LogP) is 3.63. The highest BCUT2D eigenvalue weighted by molar-refractivity contribution is 5.94. The fraction of sp³-hybridized carbons (Fsp3) is 0.391. The van der Waals surface area contributed by atoms with Crippen molar-refractivity contribution in [1.29, 1.82) is 0 Å². The van der Waals surface area contributed by atoms with E-state index in [9.17, 15) is 18.4 Å². The molecule has 0 unspecified atom stereocenters. The van der Waals surface area contributed by atoms with E-state index in [1.165, 1.54) is 4.90 Å². The first-order valence-electron chi connectivity index (χ1n) is 10.1. The van der Waals surface area contributed by atoms with Gasteiger partial charge < -0.3 is 15.0 Å². The molecule has 0 spiro atoms. The molecule has 1 aliphatic rings. The number of hydrogen-bond donors (Lipinski definition) is 1. The van der Waals surface area contributed by atoms with Gasteiger partial charge in [0.25, 0.3) is 5.91 Å². The molecule has 2 aromatic rings. The van der Waals surface area contributed by atoms with Crippen LogP contribution in [0.2, 0.25) is 0 Å². The lowest BCUT2D eigenvalue weighted by Crippen LogP contribution is -2.43. The minimum Gasteiger partial charge on any atom is -0.491 e. The largest absolute Gasteiger partial charge is 0.491 e. The fourth-order valence-electron chi connectivity index (χ4n) is 3.68. The lowest BCUT2D eigenvalue weighted by atomic mass is 9.95. The predicted molar refractivity (Wildman–Crippen MR) is 109 cm³/mol. The molecule has 1 saturated heterocycles. The van der Waals surface area contributed by atoms with Gasteiger partial charge in [-0.15, -0.1) is 0 Å². The summed E-state index contributed by atoms with van der Waals surface area (Å²) in [5, 5.41) is 2.88. The van der Waals surface area contributed by atoms with Crippen LogP contribution in [0.4, 0.5) is 8.78 Å². The molecule has 7 heteroatoms. The second-order valence-corrected chi connectivity index (χ2v) is 7.55. The summed E-state index contributed by atoms with van der Waals surface area (Å²) < 4.78 is 32.7. The van der Waals surface area contributed by atoms with E-state index >= 15 is 0 Å². The number of carbonyl (C=O) groups is 2. The van der Waals surface area contributed by atoms with Gasteiger partial charge in [0.15, 0.2) is 0 Å². The van der Waals surface area contributed by atoms with Gasteiger partial charge in [-0.2, -0.15) is 0 Å². The average molecular weight is 416 g/mol. The fourth-order valence-corrected chi connectivity index (χ4v) is 3.68. The highest BCUT2D eigenvalue weighted by Gasteiger charge is 2.28. The van der Waals surface area contributed by atoms with Crippen molar-refractivity contribution in [2.24, 2.45) is 5.92 Å². The van der Waals surface area contributed by atoms with E-state index in [0.29, 0.717) is 45.1 Å². The number of halogens is 2. The van der Waals surface area contributed by atoms with E-state index < -0.39 is 17.5 Å². The van der Waals surface area contributed by atoms with Crippen LogP contribution in [0.15, 0.2) is 36.4 Å². The number of rotatable bonds is 6. The first-order valence-corrected chi connectivity index (χ1v) is 10.1. The summed E-state index contributed by atoms with van der Waals surface area (Å²) in [4.78, 5) is 26.4. The Morgan fingerprint density at radius 3 is 2.40 bits per heavy atom. The van der Waals surface area contributed by atoms with Gasteiger partial charge in [-0.25, -0.2) is 8.78 Å². The standard InChI is InChI=1S/C23H26F2N2O3/c1-15-4-3-5-16(2)21(15)30-13-10-26-22(28)17-8-11-27(12-9-17)23(29)19-7-6-18(24)14-20(19)25/h3-7,14,17H,8-13H2,1-2H3,(H,26,28). The Hall–Kier alpha value is -2.96. The molecule has 3 rings (SSSR count). The number of benzene rings is 2. The molecular weight excluding hydrogens is 390 g/mol. The van der Waals surface area contributed by atoms with Crippen LogP contribution in [0, 0.1) is 31.4 Å². The number of nitrogens with one attached hydrogen (secondary N) is 1. The number of piperidine rings is 1. The lowest BCUT2D eigenvalue weighted by molar-refractivity contribution is -0.126. The van der Waals surface area contributed by atoms with Crippen LogP contribution in [0.1, 0.15) is 34.3 Å². The van der Waals surface area contributed by atoms with Crippen molar-refractivity contribution in [3.8, 4) is 5.75 Å². The van der Waals surface area contributed by atoms with Crippen molar-refractivity contribution >= 4 is 11.8 Å². The van der Waals surface area contributed by atoms with Gasteiger partial charge in [0.2, 0.25) is 5.91 Å². The van der Waals surface area contributed by atoms with Gasteiger partial charge in [-0.05, 0) is 49.9 Å². The maximum atomic E-state index is 13.8. The van der Waals surface area contributed by atoms with Crippen LogP contribution in [0.25, 0.3) is 0 Å². The minimum absolute atomic E-state index is 0.0693. The zero-order valence-corrected chi connectivity index (χ0v) is 17.2. The molecule has 5 nitrogen and oxygen atoms in total. The number of ether oxygens (including phenoxy) is 1. The lowest BCUT2D eigenvalue weighted by Gasteiger charge is -2.31. The minimum atomic E-state index is -0.872. The van der Waals surface area contributed by atoms with E-state index in [4.69, 9.17) is 4.74 Å². The smallest absolute Gasteiger partial charge is 0.256 e. The Labute approximate surface area is 175 Å². The summed E-state index contributed by atoms with van der Waals surface area (Å²) in [6, 6.07) is 8.86. The second-order valence-electron chi connectivity index (χ2n) is 7.55. The molecular formula is C23H26F2N2O3. The molecule has 0 aliphatic carbocycles. The van der Waals surface area contributed by atoms with Gasteiger partial charge in [0.1, 0.15) is 24.0 Å². The molecule has 30 heavy (non-hydrogen) atoms. The highest BCUT2D eigenvalue weighted by Crippen LogP contribution is 2.22. The van der Waals surface area contributed by atoms with E-state index in [0.717, 1.165) is 29.0 Å². The molecule has 0 saturated carbocycles. The number of amides is 2. The van der Waals surface area contributed by atoms with Crippen molar-refractivity contribution in [2.45, 2.75) is 26.7 Å². The van der Waals surface area contributed by atoms with Crippen LogP contribution in [0.5, 0.6) is 5.75 Å². The monoisotopic (exact) mass is 416 g/mol. The van der Waals surface area contributed by atoms with Crippen molar-refractivity contribution in [3.63, 3.8) is 0 Å². The third-order valence-electron chi connectivity index (χ3n) is 5.37. The zero-order valence-electron chi connectivity index (χ0n) is 17.2. The molecule has 2 aromatic carbocycles. The Morgan fingerprint density at radius 2 is 1.77 bits per heavy atom. The zero-order chi connectivity index (χ0) is 21.7. The SMILES string of the molecule is Cc1cccc(C)c1OCCNC(=O)C1CCN(C(=O)c2ccc(F)cc2F)CC1. The van der Waals surface area contributed by atoms with Gasteiger partial charge in [0.05, 0.1) is 12.1 Å². The summed E-state index contributed by atoms with van der Waals surface area (Å²) in [6.45, 7) is 5.44. The van der Waals surface area contributed by atoms with Crippen LogP contribution < -0.4 is 10.1 Å². The van der Waals surface area contributed by atoms with E-state index in [1.54, 1.807) is 0 Å². The molecule has 0 atom stereocenters. The number of nitrogens with zero attached hydrogens (tertiary/aromatic N) is 1. The average Bonchev–Trinajstić information content (AvgIpc) is 2.72. The van der Waals surface area contributed by atoms with Crippen molar-refractivity contribution in [3.05, 3.63) is 64.7 Å². The number of para-hydroxylation sites is 1. The summed E-state index contributed by atoms with van der Waals surface area (Å²) in [5.41, 5.74) is 1.95. The maximum Gasteiger partial charge on any atom is 0.256 e. The summed E-state index contributed by atoms with van der Waals surface area (Å²) >= 11 is 0. The number of hydrogen-bond acceptors (Lipinski definition) is 3. The molecule has 1 aliphatic heterocycles. The van der Waals surface area contributed by atoms with Crippen molar-refractivity contribution < 1.29 is 23.1 Å². The quantitative estimate of drug-likeness (QED) is 0.732. The van der Waals surface area contributed by atoms with Crippen LogP contribution >= 0.6 is 0 Å². The molecule has 1 fully saturated rings. The van der Waals surface area contributed by atoms with Gasteiger partial charge >= 0.3 is 0 Å². The van der Waals surface area contributed by atoms with Crippen LogP contribution in [0.3, 0.4) is 0 Å². The van der Waals surface area contributed by atoms with E-state index in [-0.39, 0.29) is 17.4 Å². The summed E-state index contributed by atoms with van der Waals surface area (Å²) in [6.07, 6.45) is 0.996. The van der Waals surface area contributed by atoms with Crippen LogP contribution in [-0.4, -0.2) is 43.0 Å². The molecule has 0 aromatic heterocycles. The Morgan fingerprint density at radius 1 is 1.10 bits per heavy atom. The highest BCUT2D eigenvalue weighted by atomic mass is 19.1. The molecule has 0 radical (unpaired) electrons. The third-order valence-corrected chi connectivity index (χ3v) is 5.37. The third kappa shape index (κ3) is 5.14. The maximum absolute atomic E-state index is 13.8. The number of carbonyl (C=O) groups excluding carboxylic acids is 2. The normalized spacial score (nSPS) is 14.5. The Balaban J connectivity index is 1.43. The summed E-state index contributed by atoms with van der Waals surface area (Å²) in [7, 11) is 0. The van der Waals surface area contributed by atoms with Gasteiger partial charge in [-0.3, -0.25) is 9.59 Å². The topological polar surface area (TPSA) is 58.6 Å². The van der Waals surface area contributed by atoms with E-state index in [2.05, 4.69) is 5.32 Å². The molecule has 2 amide bonds. The first-order chi connectivity index (χ1) is 14.4. The van der Waals surface area contributed by atoms with Gasteiger partial charge in [-0.1, -0.05) is 18.2 Å². The number of aryl methyl sites for hydroxylation is 2. The number of likely N-dealkylation sites (tertiary alicyclic amines) is 1. The summed E-state index contributed by atoms with van der Waals surface area (Å²) in [5.74, 6) is -1.50. The van der Waals surface area contributed by atoms with Crippen molar-refractivity contribution in [1.82, 2.24) is 10.2 Å². The van der Waals surface area contributed by atoms with Crippen molar-refractivity contribution in [2.75, 3.05) is 26.2 Å². The molecule has 160 valence electrons. The first kappa shape index (κ1) is 21.7. The Bertz CT molecular complexity index is 904. The van der Waals surface area contributed by atoms with Gasteiger partial charge in [0, 0.05) is 25.1 Å². The Kier molecular flexibility index (Phi) is 7.03. The van der Waals surface area contributed by atoms with Crippen LogP contribution in [-0.2, 0) is 4.79 Å². The second kappa shape index (κ2) is 9.69.